The summed E-state index contributed by atoms with van der Waals surface area (Å²) in [6.45, 7) is 5.83. The van der Waals surface area contributed by atoms with Crippen LogP contribution in [0, 0.1) is 0 Å². The highest BCUT2D eigenvalue weighted by Gasteiger charge is 2.22. The molecule has 0 aliphatic rings. The maximum absolute atomic E-state index is 9.06. The molecule has 0 fully saturated rings. The van der Waals surface area contributed by atoms with Crippen molar-refractivity contribution in [2.75, 3.05) is 19.7 Å². The molecular weight excluding hydrogens is 200 g/mol. The lowest BCUT2D eigenvalue weighted by molar-refractivity contribution is 0.143. The molecule has 0 spiro atoms. The molecule has 1 rings (SSSR count). The molecule has 3 nitrogen and oxygen atoms in total. The predicted octanol–water partition coefficient (Wildman–Crippen LogP) is 1.39. The second kappa shape index (κ2) is 6.63. The molecule has 0 bridgehead atoms. The summed E-state index contributed by atoms with van der Waals surface area (Å²) in [4.78, 5) is 2.21. The smallest absolute Gasteiger partial charge is 0.0558 e. The lowest BCUT2D eigenvalue weighted by atomic mass is 9.99. The van der Waals surface area contributed by atoms with Gasteiger partial charge in [0.05, 0.1) is 6.61 Å². The Morgan fingerprint density at radius 2 is 1.94 bits per heavy atom. The molecule has 3 N–H and O–H groups in total. The largest absolute Gasteiger partial charge is 0.395 e. The van der Waals surface area contributed by atoms with E-state index in [1.165, 1.54) is 5.56 Å². The summed E-state index contributed by atoms with van der Waals surface area (Å²) in [5.41, 5.74) is 7.27. The lowest BCUT2D eigenvalue weighted by Crippen LogP contribution is -2.40. The van der Waals surface area contributed by atoms with E-state index in [-0.39, 0.29) is 18.7 Å². The SMILES string of the molecule is CCN(CCO)C(c1ccccc1)C(C)N. The van der Waals surface area contributed by atoms with Crippen LogP contribution in [-0.4, -0.2) is 35.7 Å². The molecule has 2 atom stereocenters. The van der Waals surface area contributed by atoms with Crippen molar-refractivity contribution in [2.45, 2.75) is 25.9 Å². The second-order valence-electron chi connectivity index (χ2n) is 4.07. The molecule has 0 saturated heterocycles. The van der Waals surface area contributed by atoms with Gasteiger partial charge >= 0.3 is 0 Å². The molecule has 0 heterocycles. The van der Waals surface area contributed by atoms with Gasteiger partial charge in [-0.1, -0.05) is 37.3 Å². The minimum atomic E-state index is 0.0499. The number of aliphatic hydroxyl groups excluding tert-OH is 1. The van der Waals surface area contributed by atoms with E-state index in [4.69, 9.17) is 10.8 Å². The number of nitrogens with two attached hydrogens (primary N) is 1. The maximum atomic E-state index is 9.06. The van der Waals surface area contributed by atoms with Gasteiger partial charge in [-0.25, -0.2) is 0 Å². The van der Waals surface area contributed by atoms with Crippen molar-refractivity contribution >= 4 is 0 Å². The summed E-state index contributed by atoms with van der Waals surface area (Å²) in [5.74, 6) is 0. The van der Waals surface area contributed by atoms with Crippen LogP contribution >= 0.6 is 0 Å². The molecule has 1 aromatic carbocycles. The van der Waals surface area contributed by atoms with Gasteiger partial charge in [0.2, 0.25) is 0 Å². The van der Waals surface area contributed by atoms with Crippen molar-refractivity contribution in [1.29, 1.82) is 0 Å². The number of likely N-dealkylation sites (N-methyl/N-ethyl adjacent to an activating group) is 1. The van der Waals surface area contributed by atoms with E-state index in [0.29, 0.717) is 6.54 Å². The average Bonchev–Trinajstić information content (AvgIpc) is 2.29. The molecule has 3 heteroatoms. The van der Waals surface area contributed by atoms with E-state index in [0.717, 1.165) is 6.54 Å². The van der Waals surface area contributed by atoms with E-state index in [2.05, 4.69) is 24.0 Å². The van der Waals surface area contributed by atoms with E-state index in [1.54, 1.807) is 0 Å². The fourth-order valence-electron chi connectivity index (χ4n) is 2.12. The van der Waals surface area contributed by atoms with Crippen LogP contribution in [-0.2, 0) is 0 Å². The third-order valence-electron chi connectivity index (χ3n) is 2.83. The zero-order chi connectivity index (χ0) is 12.0. The average molecular weight is 222 g/mol. The Morgan fingerprint density at radius 1 is 1.31 bits per heavy atom. The minimum absolute atomic E-state index is 0.0499. The molecule has 90 valence electrons. The first-order valence-electron chi connectivity index (χ1n) is 5.86. The highest BCUT2D eigenvalue weighted by molar-refractivity contribution is 5.20. The Balaban J connectivity index is 2.90. The van der Waals surface area contributed by atoms with E-state index in [9.17, 15) is 0 Å². The summed E-state index contributed by atoms with van der Waals surface area (Å²) in [6.07, 6.45) is 0. The zero-order valence-corrected chi connectivity index (χ0v) is 10.1. The molecule has 16 heavy (non-hydrogen) atoms. The Morgan fingerprint density at radius 3 is 2.38 bits per heavy atom. The van der Waals surface area contributed by atoms with Crippen LogP contribution in [0.3, 0.4) is 0 Å². The van der Waals surface area contributed by atoms with Gasteiger partial charge in [0, 0.05) is 18.6 Å². The van der Waals surface area contributed by atoms with Gasteiger partial charge in [-0.2, -0.15) is 0 Å². The van der Waals surface area contributed by atoms with Crippen LogP contribution in [0.25, 0.3) is 0 Å². The number of hydrogen-bond donors (Lipinski definition) is 2. The molecule has 0 aliphatic carbocycles. The van der Waals surface area contributed by atoms with Crippen molar-refractivity contribution in [3.8, 4) is 0 Å². The van der Waals surface area contributed by atoms with Crippen molar-refractivity contribution < 1.29 is 5.11 Å². The Kier molecular flexibility index (Phi) is 5.46. The summed E-state index contributed by atoms with van der Waals surface area (Å²) in [5, 5.41) is 9.06. The molecule has 0 aliphatic heterocycles. The van der Waals surface area contributed by atoms with Gasteiger partial charge in [-0.3, -0.25) is 4.90 Å². The number of rotatable bonds is 6. The van der Waals surface area contributed by atoms with Gasteiger partial charge < -0.3 is 10.8 Å². The number of nitrogens with zero attached hydrogens (tertiary/aromatic N) is 1. The first-order chi connectivity index (χ1) is 7.70. The van der Waals surface area contributed by atoms with Gasteiger partial charge in [0.25, 0.3) is 0 Å². The molecule has 2 unspecified atom stereocenters. The normalized spacial score (nSPS) is 15.1. The van der Waals surface area contributed by atoms with Crippen molar-refractivity contribution in [2.24, 2.45) is 5.73 Å². The van der Waals surface area contributed by atoms with Crippen LogP contribution in [0.2, 0.25) is 0 Å². The number of aliphatic hydroxyl groups is 1. The van der Waals surface area contributed by atoms with Crippen LogP contribution in [0.4, 0.5) is 0 Å². The van der Waals surface area contributed by atoms with Crippen LogP contribution in [0.15, 0.2) is 30.3 Å². The van der Waals surface area contributed by atoms with Crippen molar-refractivity contribution in [1.82, 2.24) is 4.90 Å². The topological polar surface area (TPSA) is 49.5 Å². The number of hydrogen-bond acceptors (Lipinski definition) is 3. The lowest BCUT2D eigenvalue weighted by Gasteiger charge is -2.33. The van der Waals surface area contributed by atoms with E-state index >= 15 is 0 Å². The van der Waals surface area contributed by atoms with Crippen LogP contribution in [0.1, 0.15) is 25.5 Å². The maximum Gasteiger partial charge on any atom is 0.0558 e. The summed E-state index contributed by atoms with van der Waals surface area (Å²) < 4.78 is 0. The van der Waals surface area contributed by atoms with Crippen LogP contribution < -0.4 is 5.73 Å². The van der Waals surface area contributed by atoms with E-state index in [1.807, 2.05) is 25.1 Å². The first-order valence-corrected chi connectivity index (χ1v) is 5.86. The Hall–Kier alpha value is -0.900. The molecule has 0 amide bonds. The summed E-state index contributed by atoms with van der Waals surface area (Å²) in [6, 6.07) is 10.5. The quantitative estimate of drug-likeness (QED) is 0.764. The molecule has 0 aromatic heterocycles. The zero-order valence-electron chi connectivity index (χ0n) is 10.1. The monoisotopic (exact) mass is 222 g/mol. The first kappa shape index (κ1) is 13.2. The fraction of sp³-hybridized carbons (Fsp3) is 0.538. The third kappa shape index (κ3) is 3.30. The molecule has 0 radical (unpaired) electrons. The third-order valence-corrected chi connectivity index (χ3v) is 2.83. The van der Waals surface area contributed by atoms with Crippen molar-refractivity contribution in [3.63, 3.8) is 0 Å². The molecule has 0 saturated carbocycles. The van der Waals surface area contributed by atoms with Crippen molar-refractivity contribution in [3.05, 3.63) is 35.9 Å². The fourth-order valence-corrected chi connectivity index (χ4v) is 2.12. The van der Waals surface area contributed by atoms with Gasteiger partial charge in [0.15, 0.2) is 0 Å². The highest BCUT2D eigenvalue weighted by Crippen LogP contribution is 2.22. The van der Waals surface area contributed by atoms with Gasteiger partial charge in [-0.15, -0.1) is 0 Å². The predicted molar refractivity (Wildman–Crippen MR) is 67.2 cm³/mol. The standard InChI is InChI=1S/C13H22N2O/c1-3-15(9-10-16)13(11(2)14)12-7-5-4-6-8-12/h4-8,11,13,16H,3,9-10,14H2,1-2H3. The summed E-state index contributed by atoms with van der Waals surface area (Å²) >= 11 is 0. The van der Waals surface area contributed by atoms with E-state index < -0.39 is 0 Å². The Bertz CT molecular complexity index is 287. The molecular formula is C13H22N2O. The highest BCUT2D eigenvalue weighted by atomic mass is 16.3. The molecule has 1 aromatic rings. The van der Waals surface area contributed by atoms with Gasteiger partial charge in [0.1, 0.15) is 0 Å². The Labute approximate surface area is 97.9 Å². The summed E-state index contributed by atoms with van der Waals surface area (Å²) in [7, 11) is 0. The second-order valence-corrected chi connectivity index (χ2v) is 4.07. The van der Waals surface area contributed by atoms with Gasteiger partial charge in [-0.05, 0) is 19.0 Å². The number of benzene rings is 1. The minimum Gasteiger partial charge on any atom is -0.395 e. The van der Waals surface area contributed by atoms with Crippen LogP contribution in [0.5, 0.6) is 0 Å².